The van der Waals surface area contributed by atoms with Crippen molar-refractivity contribution in [3.05, 3.63) is 18.5 Å². The van der Waals surface area contributed by atoms with Gasteiger partial charge < -0.3 is 10.4 Å². The molecule has 1 saturated carbocycles. The van der Waals surface area contributed by atoms with Crippen molar-refractivity contribution >= 4 is 11.9 Å². The molecule has 110 valence electrons. The average Bonchev–Trinajstić information content (AvgIpc) is 2.98. The minimum absolute atomic E-state index is 0.0371. The first-order valence-corrected chi connectivity index (χ1v) is 7.09. The number of carbonyl (C=O) groups excluding carboxylic acids is 1. The van der Waals surface area contributed by atoms with E-state index in [0.29, 0.717) is 13.0 Å². The van der Waals surface area contributed by atoms with E-state index in [1.54, 1.807) is 30.1 Å². The number of carboxylic acids is 1. The molecular weight excluding hydrogens is 258 g/mol. The molecular formula is C14H21N3O3. The Balaban J connectivity index is 1.87. The Morgan fingerprint density at radius 3 is 2.85 bits per heavy atom. The maximum Gasteiger partial charge on any atom is 0.306 e. The quantitative estimate of drug-likeness (QED) is 0.854. The topological polar surface area (TPSA) is 84.2 Å². The summed E-state index contributed by atoms with van der Waals surface area (Å²) in [5.41, 5.74) is 0. The highest BCUT2D eigenvalue weighted by atomic mass is 16.4. The highest BCUT2D eigenvalue weighted by Crippen LogP contribution is 2.29. The Morgan fingerprint density at radius 1 is 1.45 bits per heavy atom. The van der Waals surface area contributed by atoms with E-state index in [1.807, 2.05) is 0 Å². The molecule has 2 N–H and O–H groups in total. The van der Waals surface area contributed by atoms with Crippen molar-refractivity contribution in [2.24, 2.45) is 11.8 Å². The van der Waals surface area contributed by atoms with E-state index >= 15 is 0 Å². The first-order valence-electron chi connectivity index (χ1n) is 7.09. The second kappa shape index (κ2) is 6.54. The van der Waals surface area contributed by atoms with Crippen molar-refractivity contribution in [1.29, 1.82) is 0 Å². The van der Waals surface area contributed by atoms with Crippen LogP contribution in [0.25, 0.3) is 0 Å². The van der Waals surface area contributed by atoms with Crippen LogP contribution in [-0.2, 0) is 9.59 Å². The summed E-state index contributed by atoms with van der Waals surface area (Å²) in [6.07, 6.45) is 6.96. The van der Waals surface area contributed by atoms with Crippen LogP contribution in [0.4, 0.5) is 0 Å². The van der Waals surface area contributed by atoms with Crippen LogP contribution in [0, 0.1) is 11.8 Å². The zero-order chi connectivity index (χ0) is 14.5. The van der Waals surface area contributed by atoms with Crippen molar-refractivity contribution in [2.75, 3.05) is 6.54 Å². The number of aromatic nitrogens is 2. The van der Waals surface area contributed by atoms with E-state index in [9.17, 15) is 14.7 Å². The number of nitrogens with zero attached hydrogens (tertiary/aromatic N) is 2. The van der Waals surface area contributed by atoms with E-state index in [-0.39, 0.29) is 23.8 Å². The van der Waals surface area contributed by atoms with Crippen molar-refractivity contribution in [2.45, 2.75) is 38.6 Å². The third kappa shape index (κ3) is 3.37. The lowest BCUT2D eigenvalue weighted by atomic mass is 9.79. The number of amides is 1. The number of hydrogen-bond donors (Lipinski definition) is 2. The lowest BCUT2D eigenvalue weighted by Crippen LogP contribution is -2.39. The second-order valence-corrected chi connectivity index (χ2v) is 5.40. The number of nitrogens with one attached hydrogen (secondary N) is 1. The number of aliphatic carboxylic acids is 1. The van der Waals surface area contributed by atoms with Crippen molar-refractivity contribution in [3.8, 4) is 0 Å². The third-order valence-electron chi connectivity index (χ3n) is 4.07. The second-order valence-electron chi connectivity index (χ2n) is 5.40. The van der Waals surface area contributed by atoms with Gasteiger partial charge in [0.1, 0.15) is 6.04 Å². The van der Waals surface area contributed by atoms with Crippen LogP contribution in [0.15, 0.2) is 18.5 Å². The summed E-state index contributed by atoms with van der Waals surface area (Å²) < 4.78 is 1.59. The Labute approximate surface area is 118 Å². The van der Waals surface area contributed by atoms with Crippen LogP contribution in [0.1, 0.15) is 38.6 Å². The molecule has 1 aliphatic rings. The number of hydrogen-bond acceptors (Lipinski definition) is 3. The molecule has 6 nitrogen and oxygen atoms in total. The standard InChI is InChI=1S/C14H21N3O3/c1-10(17-8-4-7-16-17)13(18)15-9-11-5-2-3-6-12(11)14(19)20/h4,7-8,10-12H,2-3,5-6,9H2,1H3,(H,15,18)(H,19,20). The number of carbonyl (C=O) groups is 2. The number of rotatable bonds is 5. The molecule has 0 aliphatic heterocycles. The van der Waals surface area contributed by atoms with Gasteiger partial charge in [0.2, 0.25) is 5.91 Å². The van der Waals surface area contributed by atoms with Gasteiger partial charge in [0, 0.05) is 18.9 Å². The molecule has 0 saturated heterocycles. The summed E-state index contributed by atoms with van der Waals surface area (Å²) >= 11 is 0. The van der Waals surface area contributed by atoms with Crippen LogP contribution in [0.3, 0.4) is 0 Å². The lowest BCUT2D eigenvalue weighted by Gasteiger charge is -2.29. The van der Waals surface area contributed by atoms with Gasteiger partial charge in [0.05, 0.1) is 5.92 Å². The molecule has 1 heterocycles. The molecule has 20 heavy (non-hydrogen) atoms. The minimum atomic E-state index is -0.746. The summed E-state index contributed by atoms with van der Waals surface area (Å²) in [5.74, 6) is -1.16. The highest BCUT2D eigenvalue weighted by Gasteiger charge is 2.31. The molecule has 1 aromatic heterocycles. The molecule has 1 fully saturated rings. The zero-order valence-corrected chi connectivity index (χ0v) is 11.7. The molecule has 0 spiro atoms. The summed E-state index contributed by atoms with van der Waals surface area (Å²) in [4.78, 5) is 23.2. The fourth-order valence-corrected chi connectivity index (χ4v) is 2.79. The van der Waals surface area contributed by atoms with Gasteiger partial charge in [-0.05, 0) is 31.7 Å². The average molecular weight is 279 g/mol. The molecule has 0 aromatic carbocycles. The smallest absolute Gasteiger partial charge is 0.306 e. The Bertz CT molecular complexity index is 458. The maximum atomic E-state index is 12.0. The van der Waals surface area contributed by atoms with Crippen LogP contribution in [-0.4, -0.2) is 33.3 Å². The van der Waals surface area contributed by atoms with Gasteiger partial charge in [-0.1, -0.05) is 12.8 Å². The Hall–Kier alpha value is -1.85. The van der Waals surface area contributed by atoms with Crippen LogP contribution in [0.2, 0.25) is 0 Å². The van der Waals surface area contributed by atoms with E-state index < -0.39 is 5.97 Å². The van der Waals surface area contributed by atoms with Crippen LogP contribution in [0.5, 0.6) is 0 Å². The van der Waals surface area contributed by atoms with Crippen molar-refractivity contribution < 1.29 is 14.7 Å². The fraction of sp³-hybridized carbons (Fsp3) is 0.643. The highest BCUT2D eigenvalue weighted by molar-refractivity contribution is 5.79. The van der Waals surface area contributed by atoms with Gasteiger partial charge in [0.15, 0.2) is 0 Å². The molecule has 3 unspecified atom stereocenters. The molecule has 0 radical (unpaired) electrons. The van der Waals surface area contributed by atoms with Crippen LogP contribution < -0.4 is 5.32 Å². The van der Waals surface area contributed by atoms with Gasteiger partial charge in [-0.3, -0.25) is 14.3 Å². The maximum absolute atomic E-state index is 12.0. The monoisotopic (exact) mass is 279 g/mol. The molecule has 1 aromatic rings. The largest absolute Gasteiger partial charge is 0.481 e. The Kier molecular flexibility index (Phi) is 4.76. The van der Waals surface area contributed by atoms with E-state index in [1.165, 1.54) is 0 Å². The first-order chi connectivity index (χ1) is 9.59. The number of carboxylic acid groups (broad SMARTS) is 1. The van der Waals surface area contributed by atoms with Crippen molar-refractivity contribution in [3.63, 3.8) is 0 Å². The normalized spacial score (nSPS) is 24.1. The molecule has 2 rings (SSSR count). The van der Waals surface area contributed by atoms with Crippen LogP contribution >= 0.6 is 0 Å². The first kappa shape index (κ1) is 14.6. The summed E-state index contributed by atoms with van der Waals surface area (Å²) in [7, 11) is 0. The van der Waals surface area contributed by atoms with Gasteiger partial charge in [-0.25, -0.2) is 0 Å². The predicted molar refractivity (Wildman–Crippen MR) is 73.0 cm³/mol. The third-order valence-corrected chi connectivity index (χ3v) is 4.07. The SMILES string of the molecule is CC(C(=O)NCC1CCCCC1C(=O)O)n1cccn1. The van der Waals surface area contributed by atoms with Gasteiger partial charge in [-0.2, -0.15) is 5.10 Å². The van der Waals surface area contributed by atoms with Gasteiger partial charge >= 0.3 is 5.97 Å². The zero-order valence-electron chi connectivity index (χ0n) is 11.7. The van der Waals surface area contributed by atoms with Crippen molar-refractivity contribution in [1.82, 2.24) is 15.1 Å². The van der Waals surface area contributed by atoms with Gasteiger partial charge in [0.25, 0.3) is 0 Å². The van der Waals surface area contributed by atoms with E-state index in [4.69, 9.17) is 0 Å². The van der Waals surface area contributed by atoms with E-state index in [0.717, 1.165) is 19.3 Å². The molecule has 3 atom stereocenters. The van der Waals surface area contributed by atoms with Gasteiger partial charge in [-0.15, -0.1) is 0 Å². The lowest BCUT2D eigenvalue weighted by molar-refractivity contribution is -0.145. The molecule has 6 heteroatoms. The summed E-state index contributed by atoms with van der Waals surface area (Å²) in [6.45, 7) is 2.21. The molecule has 0 bridgehead atoms. The van der Waals surface area contributed by atoms with E-state index in [2.05, 4.69) is 10.4 Å². The summed E-state index contributed by atoms with van der Waals surface area (Å²) in [6, 6.07) is 1.39. The minimum Gasteiger partial charge on any atom is -0.481 e. The predicted octanol–water partition coefficient (Wildman–Crippen LogP) is 1.45. The molecule has 1 aliphatic carbocycles. The summed E-state index contributed by atoms with van der Waals surface area (Å²) in [5, 5.41) is 16.1. The molecule has 1 amide bonds. The fourth-order valence-electron chi connectivity index (χ4n) is 2.79. The Morgan fingerprint density at radius 2 is 2.20 bits per heavy atom.